The first-order valence-corrected chi connectivity index (χ1v) is 12.9. The molecule has 0 spiro atoms. The van der Waals surface area contributed by atoms with E-state index in [9.17, 15) is 26.4 Å². The van der Waals surface area contributed by atoms with E-state index in [-0.39, 0.29) is 30.3 Å². The Bertz CT molecular complexity index is 1170. The van der Waals surface area contributed by atoms with Gasteiger partial charge in [0.1, 0.15) is 11.5 Å². The number of carbonyl (C=O) groups is 2. The minimum absolute atomic E-state index is 0.0449. The first kappa shape index (κ1) is 30.9. The van der Waals surface area contributed by atoms with Crippen molar-refractivity contribution in [2.45, 2.75) is 24.0 Å². The molecule has 14 heteroatoms. The van der Waals surface area contributed by atoms with E-state index in [2.05, 4.69) is 5.32 Å². The Morgan fingerprint density at radius 2 is 1.61 bits per heavy atom. The number of alkyl halides is 3. The lowest BCUT2D eigenvalue weighted by Crippen LogP contribution is -2.47. The molecular formula is C24H30F3N3O7S. The molecule has 0 saturated carbocycles. The number of carboxylic acid groups (broad SMARTS) is 1. The van der Waals surface area contributed by atoms with Crippen molar-refractivity contribution in [3.63, 3.8) is 0 Å². The largest absolute Gasteiger partial charge is 0.497 e. The molecule has 0 unspecified atom stereocenters. The van der Waals surface area contributed by atoms with Gasteiger partial charge in [0.25, 0.3) is 0 Å². The second-order valence-corrected chi connectivity index (χ2v) is 9.95. The molecule has 1 heterocycles. The number of carbonyl (C=O) groups excluding carboxylic acids is 1. The van der Waals surface area contributed by atoms with Crippen molar-refractivity contribution in [1.82, 2.24) is 14.5 Å². The summed E-state index contributed by atoms with van der Waals surface area (Å²) in [7, 11) is -0.759. The summed E-state index contributed by atoms with van der Waals surface area (Å²) >= 11 is 0. The van der Waals surface area contributed by atoms with E-state index >= 15 is 0 Å². The maximum atomic E-state index is 13.4. The highest BCUT2D eigenvalue weighted by Gasteiger charge is 2.38. The number of rotatable bonds is 9. The number of piperazine rings is 1. The number of nitrogens with zero attached hydrogens (tertiary/aromatic N) is 2. The van der Waals surface area contributed by atoms with Crippen LogP contribution in [0.25, 0.3) is 0 Å². The highest BCUT2D eigenvalue weighted by Crippen LogP contribution is 2.25. The molecular weight excluding hydrogens is 531 g/mol. The standard InChI is InChI=1S/C22H29N3O5S.C2HF3O2/c1-29-19-7-9-20(10-8-19)31(27,28)25(17-18-5-3-4-6-21(18)30-2)14-11-22(26)24-15-12-23-13-16-24;3-2(4,5)1(6)7/h3-10,23H,11-17H2,1-2H3;(H,6,7). The first-order valence-electron chi connectivity index (χ1n) is 11.4. The molecule has 3 rings (SSSR count). The highest BCUT2D eigenvalue weighted by molar-refractivity contribution is 7.89. The van der Waals surface area contributed by atoms with Gasteiger partial charge in [-0.15, -0.1) is 0 Å². The van der Waals surface area contributed by atoms with Crippen LogP contribution in [0.3, 0.4) is 0 Å². The summed E-state index contributed by atoms with van der Waals surface area (Å²) in [5.41, 5.74) is 0.733. The summed E-state index contributed by atoms with van der Waals surface area (Å²) in [4.78, 5) is 23.5. The molecule has 10 nitrogen and oxygen atoms in total. The summed E-state index contributed by atoms with van der Waals surface area (Å²) in [5.74, 6) is -1.63. The third-order valence-electron chi connectivity index (χ3n) is 5.52. The molecule has 2 aromatic rings. The molecule has 38 heavy (non-hydrogen) atoms. The fourth-order valence-electron chi connectivity index (χ4n) is 3.50. The van der Waals surface area contributed by atoms with Gasteiger partial charge >= 0.3 is 12.1 Å². The number of methoxy groups -OCH3 is 2. The van der Waals surface area contributed by atoms with Crippen LogP contribution in [-0.4, -0.2) is 87.7 Å². The smallest absolute Gasteiger partial charge is 0.490 e. The maximum Gasteiger partial charge on any atom is 0.490 e. The van der Waals surface area contributed by atoms with Crippen LogP contribution < -0.4 is 14.8 Å². The summed E-state index contributed by atoms with van der Waals surface area (Å²) in [6, 6.07) is 13.5. The fraction of sp³-hybridized carbons (Fsp3) is 0.417. The van der Waals surface area contributed by atoms with Crippen molar-refractivity contribution >= 4 is 21.9 Å². The molecule has 2 N–H and O–H groups in total. The van der Waals surface area contributed by atoms with Crippen LogP contribution in [0.5, 0.6) is 11.5 Å². The van der Waals surface area contributed by atoms with Gasteiger partial charge in [-0.25, -0.2) is 13.2 Å². The SMILES string of the molecule is COc1ccc(S(=O)(=O)N(CCC(=O)N2CCNCC2)Cc2ccccc2OC)cc1.O=C(O)C(F)(F)F. The molecule has 1 aliphatic rings. The van der Waals surface area contributed by atoms with Crippen LogP contribution in [0, 0.1) is 0 Å². The Kier molecular flexibility index (Phi) is 11.4. The van der Waals surface area contributed by atoms with E-state index in [1.54, 1.807) is 30.2 Å². The zero-order valence-electron chi connectivity index (χ0n) is 20.9. The van der Waals surface area contributed by atoms with Gasteiger partial charge in [-0.05, 0) is 30.3 Å². The van der Waals surface area contributed by atoms with Gasteiger partial charge in [0.2, 0.25) is 15.9 Å². The van der Waals surface area contributed by atoms with Gasteiger partial charge in [0.05, 0.1) is 19.1 Å². The number of halogens is 3. The minimum Gasteiger partial charge on any atom is -0.497 e. The lowest BCUT2D eigenvalue weighted by atomic mass is 10.2. The second kappa shape index (κ2) is 14.0. The zero-order chi connectivity index (χ0) is 28.3. The van der Waals surface area contributed by atoms with E-state index < -0.39 is 22.2 Å². The second-order valence-electron chi connectivity index (χ2n) is 8.01. The molecule has 0 aromatic heterocycles. The molecule has 1 saturated heterocycles. The molecule has 0 radical (unpaired) electrons. The van der Waals surface area contributed by atoms with Crippen LogP contribution in [-0.2, 0) is 26.2 Å². The summed E-state index contributed by atoms with van der Waals surface area (Å²) in [6.07, 6.45) is -4.97. The normalized spacial score (nSPS) is 13.9. The summed E-state index contributed by atoms with van der Waals surface area (Å²) < 4.78 is 70.5. The Hall–Kier alpha value is -3.36. The summed E-state index contributed by atoms with van der Waals surface area (Å²) in [5, 5.41) is 10.3. The number of amides is 1. The van der Waals surface area contributed by atoms with Gasteiger partial charge in [-0.2, -0.15) is 17.5 Å². The number of benzene rings is 2. The van der Waals surface area contributed by atoms with Crippen LogP contribution in [0.4, 0.5) is 13.2 Å². The highest BCUT2D eigenvalue weighted by atomic mass is 32.2. The predicted octanol–water partition coefficient (Wildman–Crippen LogP) is 2.35. The number of carboxylic acids is 1. The van der Waals surface area contributed by atoms with Gasteiger partial charge < -0.3 is 24.8 Å². The van der Waals surface area contributed by atoms with E-state index in [1.165, 1.54) is 23.5 Å². The van der Waals surface area contributed by atoms with Crippen molar-refractivity contribution in [2.24, 2.45) is 0 Å². The van der Waals surface area contributed by atoms with E-state index in [0.717, 1.165) is 18.7 Å². The Labute approximate surface area is 219 Å². The molecule has 210 valence electrons. The van der Waals surface area contributed by atoms with Crippen molar-refractivity contribution < 1.29 is 45.8 Å². The van der Waals surface area contributed by atoms with Crippen LogP contribution >= 0.6 is 0 Å². The van der Waals surface area contributed by atoms with Crippen LogP contribution in [0.2, 0.25) is 0 Å². The minimum atomic E-state index is -5.08. The third kappa shape index (κ3) is 8.89. The van der Waals surface area contributed by atoms with Gasteiger partial charge in [0.15, 0.2) is 0 Å². The maximum absolute atomic E-state index is 13.4. The Morgan fingerprint density at radius 1 is 1.03 bits per heavy atom. The first-order chi connectivity index (χ1) is 17.9. The number of para-hydroxylation sites is 1. The lowest BCUT2D eigenvalue weighted by Gasteiger charge is -2.29. The van der Waals surface area contributed by atoms with Crippen molar-refractivity contribution in [1.29, 1.82) is 0 Å². The van der Waals surface area contributed by atoms with E-state index in [0.29, 0.717) is 24.6 Å². The fourth-order valence-corrected chi connectivity index (χ4v) is 4.92. The van der Waals surface area contributed by atoms with Gasteiger partial charge in [0, 0.05) is 51.3 Å². The lowest BCUT2D eigenvalue weighted by molar-refractivity contribution is -0.192. The van der Waals surface area contributed by atoms with Gasteiger partial charge in [-0.3, -0.25) is 4.79 Å². The van der Waals surface area contributed by atoms with E-state index in [1.807, 2.05) is 18.2 Å². The Balaban J connectivity index is 0.000000638. The molecule has 1 aliphatic heterocycles. The number of nitrogens with one attached hydrogen (secondary N) is 1. The molecule has 0 bridgehead atoms. The Morgan fingerprint density at radius 3 is 2.13 bits per heavy atom. The zero-order valence-corrected chi connectivity index (χ0v) is 21.7. The number of hydrogen-bond donors (Lipinski definition) is 2. The number of ether oxygens (including phenoxy) is 2. The predicted molar refractivity (Wildman–Crippen MR) is 131 cm³/mol. The van der Waals surface area contributed by atoms with Gasteiger partial charge in [-0.1, -0.05) is 18.2 Å². The van der Waals surface area contributed by atoms with E-state index in [4.69, 9.17) is 19.4 Å². The average Bonchev–Trinajstić information content (AvgIpc) is 2.91. The quantitative estimate of drug-likeness (QED) is 0.478. The third-order valence-corrected chi connectivity index (χ3v) is 7.38. The van der Waals surface area contributed by atoms with Crippen molar-refractivity contribution in [3.05, 3.63) is 54.1 Å². The molecule has 1 amide bonds. The molecule has 1 fully saturated rings. The average molecular weight is 562 g/mol. The molecule has 2 aromatic carbocycles. The monoisotopic (exact) mass is 561 g/mol. The van der Waals surface area contributed by atoms with Crippen LogP contribution in [0.15, 0.2) is 53.4 Å². The number of aliphatic carboxylic acids is 1. The summed E-state index contributed by atoms with van der Waals surface area (Å²) in [6.45, 7) is 2.96. The molecule has 0 atom stereocenters. The number of sulfonamides is 1. The van der Waals surface area contributed by atoms with Crippen LogP contribution in [0.1, 0.15) is 12.0 Å². The topological polar surface area (TPSA) is 125 Å². The molecule has 0 aliphatic carbocycles. The van der Waals surface area contributed by atoms with Crippen molar-refractivity contribution in [3.8, 4) is 11.5 Å². The number of hydrogen-bond acceptors (Lipinski definition) is 7. The van der Waals surface area contributed by atoms with Crippen molar-refractivity contribution in [2.75, 3.05) is 46.9 Å².